The average molecular weight is 351 g/mol. The molecular formula is C15H15ClN4O2S. The van der Waals surface area contributed by atoms with Gasteiger partial charge in [0.05, 0.1) is 18.6 Å². The number of methoxy groups -OCH3 is 1. The van der Waals surface area contributed by atoms with Crippen molar-refractivity contribution < 1.29 is 9.15 Å². The molecule has 0 bridgehead atoms. The Balaban J connectivity index is 1.65. The zero-order chi connectivity index (χ0) is 16.1. The number of thioether (sulfide) groups is 1. The standard InChI is InChI=1S/C15H15ClN4O2S/c1-21-6-5-20-10-18-19-15(20)23-9-14-17-8-13(22-14)11-3-2-4-12(16)7-11/h2-4,7-8,10H,5-6,9H2,1H3. The summed E-state index contributed by atoms with van der Waals surface area (Å²) in [7, 11) is 1.67. The molecular weight excluding hydrogens is 336 g/mol. The molecule has 8 heteroatoms. The van der Waals surface area contributed by atoms with Crippen LogP contribution in [-0.2, 0) is 17.0 Å². The van der Waals surface area contributed by atoms with Gasteiger partial charge in [-0.25, -0.2) is 4.98 Å². The maximum absolute atomic E-state index is 5.99. The van der Waals surface area contributed by atoms with Gasteiger partial charge in [0, 0.05) is 24.2 Å². The number of aromatic nitrogens is 4. The summed E-state index contributed by atoms with van der Waals surface area (Å²) in [5, 5.41) is 9.49. The van der Waals surface area contributed by atoms with Gasteiger partial charge in [-0.2, -0.15) is 0 Å². The van der Waals surface area contributed by atoms with Crippen LogP contribution in [0.5, 0.6) is 0 Å². The van der Waals surface area contributed by atoms with Gasteiger partial charge in [-0.1, -0.05) is 35.5 Å². The van der Waals surface area contributed by atoms with E-state index in [1.807, 2.05) is 28.8 Å². The van der Waals surface area contributed by atoms with Crippen LogP contribution in [0.1, 0.15) is 5.89 Å². The Kier molecular flexibility index (Phi) is 5.32. The number of benzene rings is 1. The Morgan fingerprint density at radius 3 is 3.13 bits per heavy atom. The van der Waals surface area contributed by atoms with E-state index in [0.717, 1.165) is 10.7 Å². The summed E-state index contributed by atoms with van der Waals surface area (Å²) in [6, 6.07) is 7.49. The number of rotatable bonds is 7. The minimum absolute atomic E-state index is 0.576. The molecule has 0 aliphatic carbocycles. The summed E-state index contributed by atoms with van der Waals surface area (Å²) in [5.74, 6) is 1.90. The lowest BCUT2D eigenvalue weighted by Crippen LogP contribution is -2.04. The van der Waals surface area contributed by atoms with E-state index >= 15 is 0 Å². The molecule has 0 N–H and O–H groups in total. The van der Waals surface area contributed by atoms with Gasteiger partial charge < -0.3 is 13.7 Å². The van der Waals surface area contributed by atoms with Crippen LogP contribution >= 0.6 is 23.4 Å². The second kappa shape index (κ2) is 7.63. The molecule has 0 saturated carbocycles. The van der Waals surface area contributed by atoms with Gasteiger partial charge in [-0.15, -0.1) is 10.2 Å². The number of hydrogen-bond acceptors (Lipinski definition) is 6. The van der Waals surface area contributed by atoms with Crippen molar-refractivity contribution in [3.8, 4) is 11.3 Å². The summed E-state index contributed by atoms with van der Waals surface area (Å²) in [5.41, 5.74) is 0.907. The molecule has 2 heterocycles. The fourth-order valence-corrected chi connectivity index (χ4v) is 2.96. The Labute approximate surface area is 142 Å². The van der Waals surface area contributed by atoms with Gasteiger partial charge in [0.2, 0.25) is 5.89 Å². The van der Waals surface area contributed by atoms with Crippen molar-refractivity contribution >= 4 is 23.4 Å². The van der Waals surface area contributed by atoms with Gasteiger partial charge in [0.25, 0.3) is 0 Å². The third kappa shape index (κ3) is 4.13. The molecule has 0 fully saturated rings. The van der Waals surface area contributed by atoms with Crippen LogP contribution in [0.4, 0.5) is 0 Å². The molecule has 0 aliphatic heterocycles. The molecule has 0 radical (unpaired) electrons. The van der Waals surface area contributed by atoms with Crippen molar-refractivity contribution in [2.75, 3.05) is 13.7 Å². The van der Waals surface area contributed by atoms with Crippen LogP contribution in [0.2, 0.25) is 5.02 Å². The topological polar surface area (TPSA) is 66.0 Å². The number of halogens is 1. The summed E-state index contributed by atoms with van der Waals surface area (Å²) in [4.78, 5) is 4.30. The quantitative estimate of drug-likeness (QED) is 0.607. The lowest BCUT2D eigenvalue weighted by atomic mass is 10.2. The third-order valence-corrected chi connectivity index (χ3v) is 4.30. The van der Waals surface area contributed by atoms with Crippen LogP contribution in [0.15, 0.2) is 46.4 Å². The van der Waals surface area contributed by atoms with Crippen molar-refractivity contribution in [1.29, 1.82) is 0 Å². The number of hydrogen-bond donors (Lipinski definition) is 0. The van der Waals surface area contributed by atoms with Crippen LogP contribution in [0, 0.1) is 0 Å². The minimum Gasteiger partial charge on any atom is -0.440 e. The Morgan fingerprint density at radius 2 is 2.30 bits per heavy atom. The molecule has 3 aromatic rings. The van der Waals surface area contributed by atoms with Crippen LogP contribution < -0.4 is 0 Å². The van der Waals surface area contributed by atoms with Gasteiger partial charge in [0.15, 0.2) is 10.9 Å². The van der Waals surface area contributed by atoms with Gasteiger partial charge in [-0.3, -0.25) is 0 Å². The molecule has 120 valence electrons. The highest BCUT2D eigenvalue weighted by molar-refractivity contribution is 7.98. The van der Waals surface area contributed by atoms with Gasteiger partial charge in [0.1, 0.15) is 6.33 Å². The van der Waals surface area contributed by atoms with E-state index in [9.17, 15) is 0 Å². The van der Waals surface area contributed by atoms with Crippen LogP contribution in [0.25, 0.3) is 11.3 Å². The van der Waals surface area contributed by atoms with E-state index in [-0.39, 0.29) is 0 Å². The van der Waals surface area contributed by atoms with Crippen molar-refractivity contribution in [3.05, 3.63) is 47.7 Å². The largest absolute Gasteiger partial charge is 0.440 e. The van der Waals surface area contributed by atoms with Crippen molar-refractivity contribution in [1.82, 2.24) is 19.7 Å². The van der Waals surface area contributed by atoms with Gasteiger partial charge in [-0.05, 0) is 12.1 Å². The lowest BCUT2D eigenvalue weighted by Gasteiger charge is -2.03. The molecule has 1 aromatic carbocycles. The minimum atomic E-state index is 0.576. The molecule has 2 aromatic heterocycles. The monoisotopic (exact) mass is 350 g/mol. The van der Waals surface area contributed by atoms with E-state index in [0.29, 0.717) is 35.6 Å². The highest BCUT2D eigenvalue weighted by atomic mass is 35.5. The molecule has 0 amide bonds. The van der Waals surface area contributed by atoms with Crippen LogP contribution in [0.3, 0.4) is 0 Å². The number of ether oxygens (including phenoxy) is 1. The first kappa shape index (κ1) is 16.0. The molecule has 0 atom stereocenters. The lowest BCUT2D eigenvalue weighted by molar-refractivity contribution is 0.184. The first-order valence-corrected chi connectivity index (χ1v) is 8.33. The zero-order valence-electron chi connectivity index (χ0n) is 12.5. The number of nitrogens with zero attached hydrogens (tertiary/aromatic N) is 4. The third-order valence-electron chi connectivity index (χ3n) is 3.10. The van der Waals surface area contributed by atoms with Crippen LogP contribution in [-0.4, -0.2) is 33.5 Å². The summed E-state index contributed by atoms with van der Waals surface area (Å²) in [6.07, 6.45) is 3.39. The van der Waals surface area contributed by atoms with Crippen molar-refractivity contribution in [2.45, 2.75) is 17.5 Å². The predicted molar refractivity (Wildman–Crippen MR) is 88.4 cm³/mol. The van der Waals surface area contributed by atoms with Gasteiger partial charge >= 0.3 is 0 Å². The van der Waals surface area contributed by atoms with E-state index in [2.05, 4.69) is 15.2 Å². The molecule has 0 saturated heterocycles. The zero-order valence-corrected chi connectivity index (χ0v) is 14.0. The van der Waals surface area contributed by atoms with E-state index in [4.69, 9.17) is 20.8 Å². The van der Waals surface area contributed by atoms with E-state index in [1.54, 1.807) is 19.6 Å². The van der Waals surface area contributed by atoms with Crippen molar-refractivity contribution in [3.63, 3.8) is 0 Å². The molecule has 0 aliphatic rings. The molecule has 3 rings (SSSR count). The average Bonchev–Trinajstić information content (AvgIpc) is 3.20. The normalized spacial score (nSPS) is 11.0. The highest BCUT2D eigenvalue weighted by Gasteiger charge is 2.10. The van der Waals surface area contributed by atoms with E-state index < -0.39 is 0 Å². The van der Waals surface area contributed by atoms with Crippen molar-refractivity contribution in [2.24, 2.45) is 0 Å². The SMILES string of the molecule is COCCn1cnnc1SCc1ncc(-c2cccc(Cl)c2)o1. The maximum atomic E-state index is 5.99. The Hall–Kier alpha value is -1.83. The maximum Gasteiger partial charge on any atom is 0.205 e. The Morgan fingerprint density at radius 1 is 1.39 bits per heavy atom. The fourth-order valence-electron chi connectivity index (χ4n) is 1.98. The smallest absolute Gasteiger partial charge is 0.205 e. The molecule has 0 spiro atoms. The molecule has 6 nitrogen and oxygen atoms in total. The fraction of sp³-hybridized carbons (Fsp3) is 0.267. The Bertz CT molecular complexity index is 774. The predicted octanol–water partition coefficient (Wildman–Crippen LogP) is 3.53. The van der Waals surface area contributed by atoms with E-state index in [1.165, 1.54) is 11.8 Å². The second-order valence-corrected chi connectivity index (χ2v) is 6.10. The number of oxazole rings is 1. The second-order valence-electron chi connectivity index (χ2n) is 4.72. The molecule has 0 unspecified atom stereocenters. The summed E-state index contributed by atoms with van der Waals surface area (Å²) < 4.78 is 12.8. The first-order chi connectivity index (χ1) is 11.3. The first-order valence-electron chi connectivity index (χ1n) is 6.96. The molecule has 23 heavy (non-hydrogen) atoms. The summed E-state index contributed by atoms with van der Waals surface area (Å²) in [6.45, 7) is 1.33. The summed E-state index contributed by atoms with van der Waals surface area (Å²) >= 11 is 7.52. The highest BCUT2D eigenvalue weighted by Crippen LogP contribution is 2.26.